The average Bonchev–Trinajstić information content (AvgIpc) is 2.46. The molecule has 2 amide bonds. The zero-order valence-corrected chi connectivity index (χ0v) is 11.5. The van der Waals surface area contributed by atoms with Gasteiger partial charge in [-0.3, -0.25) is 0 Å². The van der Waals surface area contributed by atoms with Crippen LogP contribution in [-0.4, -0.2) is 37.2 Å². The second kappa shape index (κ2) is 7.02. The first kappa shape index (κ1) is 13.7. The van der Waals surface area contributed by atoms with E-state index in [9.17, 15) is 4.79 Å². The molecular weight excluding hydrogens is 240 g/mol. The van der Waals surface area contributed by atoms with Gasteiger partial charge >= 0.3 is 6.03 Å². The zero-order valence-electron chi connectivity index (χ0n) is 11.5. The number of aryl methyl sites for hydroxylation is 1. The molecule has 1 heterocycles. The van der Waals surface area contributed by atoms with E-state index in [1.807, 2.05) is 36.1 Å². The van der Waals surface area contributed by atoms with E-state index in [2.05, 4.69) is 5.32 Å². The van der Waals surface area contributed by atoms with Crippen molar-refractivity contribution in [3.63, 3.8) is 0 Å². The van der Waals surface area contributed by atoms with Crippen molar-refractivity contribution >= 4 is 6.03 Å². The highest BCUT2D eigenvalue weighted by molar-refractivity contribution is 5.74. The number of carbonyl (C=O) groups excluding carboxylic acids is 1. The fourth-order valence-corrected chi connectivity index (χ4v) is 2.17. The molecule has 0 radical (unpaired) electrons. The standard InChI is InChI=1S/C15H22N2O2/c1-13-5-7-14(8-6-13)19-12-9-16-15(18)17-10-3-2-4-11-17/h5-8H,2-4,9-12H2,1H3,(H,16,18). The third-order valence-electron chi connectivity index (χ3n) is 3.31. The Morgan fingerprint density at radius 2 is 1.89 bits per heavy atom. The van der Waals surface area contributed by atoms with Gasteiger partial charge in [0.05, 0.1) is 6.54 Å². The second-order valence-corrected chi connectivity index (χ2v) is 4.94. The number of amides is 2. The van der Waals surface area contributed by atoms with E-state index >= 15 is 0 Å². The van der Waals surface area contributed by atoms with Crippen LogP contribution >= 0.6 is 0 Å². The zero-order chi connectivity index (χ0) is 13.5. The summed E-state index contributed by atoms with van der Waals surface area (Å²) in [7, 11) is 0. The number of likely N-dealkylation sites (tertiary alicyclic amines) is 1. The molecule has 4 heteroatoms. The van der Waals surface area contributed by atoms with Crippen molar-refractivity contribution in [2.24, 2.45) is 0 Å². The molecule has 1 N–H and O–H groups in total. The molecule has 0 atom stereocenters. The van der Waals surface area contributed by atoms with E-state index < -0.39 is 0 Å². The number of rotatable bonds is 4. The van der Waals surface area contributed by atoms with Crippen LogP contribution in [0.5, 0.6) is 5.75 Å². The normalized spacial score (nSPS) is 15.1. The summed E-state index contributed by atoms with van der Waals surface area (Å²) >= 11 is 0. The Morgan fingerprint density at radius 1 is 1.21 bits per heavy atom. The van der Waals surface area contributed by atoms with Crippen LogP contribution in [0.3, 0.4) is 0 Å². The number of piperidine rings is 1. The quantitative estimate of drug-likeness (QED) is 0.847. The van der Waals surface area contributed by atoms with Crippen molar-refractivity contribution in [3.05, 3.63) is 29.8 Å². The summed E-state index contributed by atoms with van der Waals surface area (Å²) in [5, 5.41) is 2.90. The highest BCUT2D eigenvalue weighted by Gasteiger charge is 2.15. The Bertz CT molecular complexity index is 397. The molecule has 0 aromatic heterocycles. The third kappa shape index (κ3) is 4.47. The minimum Gasteiger partial charge on any atom is -0.492 e. The van der Waals surface area contributed by atoms with Crippen molar-refractivity contribution in [2.45, 2.75) is 26.2 Å². The number of nitrogens with zero attached hydrogens (tertiary/aromatic N) is 1. The maximum Gasteiger partial charge on any atom is 0.317 e. The van der Waals surface area contributed by atoms with Gasteiger partial charge < -0.3 is 15.0 Å². The van der Waals surface area contributed by atoms with Crippen LogP contribution in [-0.2, 0) is 0 Å². The van der Waals surface area contributed by atoms with Gasteiger partial charge in [0.2, 0.25) is 0 Å². The fraction of sp³-hybridized carbons (Fsp3) is 0.533. The van der Waals surface area contributed by atoms with E-state index in [0.29, 0.717) is 13.2 Å². The minimum absolute atomic E-state index is 0.0345. The van der Waals surface area contributed by atoms with Gasteiger partial charge in [0, 0.05) is 13.1 Å². The largest absolute Gasteiger partial charge is 0.492 e. The Kier molecular flexibility index (Phi) is 5.07. The summed E-state index contributed by atoms with van der Waals surface area (Å²) in [6.07, 6.45) is 3.47. The maximum atomic E-state index is 11.8. The number of carbonyl (C=O) groups is 1. The molecule has 1 aliphatic heterocycles. The van der Waals surface area contributed by atoms with E-state index in [4.69, 9.17) is 4.74 Å². The van der Waals surface area contributed by atoms with Crippen LogP contribution < -0.4 is 10.1 Å². The highest BCUT2D eigenvalue weighted by atomic mass is 16.5. The van der Waals surface area contributed by atoms with Gasteiger partial charge in [-0.05, 0) is 38.3 Å². The van der Waals surface area contributed by atoms with E-state index in [-0.39, 0.29) is 6.03 Å². The lowest BCUT2D eigenvalue weighted by Gasteiger charge is -2.26. The Morgan fingerprint density at radius 3 is 2.58 bits per heavy atom. The summed E-state index contributed by atoms with van der Waals surface area (Å²) < 4.78 is 5.57. The van der Waals surface area contributed by atoms with Crippen molar-refractivity contribution in [3.8, 4) is 5.75 Å². The first-order valence-electron chi connectivity index (χ1n) is 6.98. The molecule has 0 saturated carbocycles. The van der Waals surface area contributed by atoms with E-state index in [1.54, 1.807) is 0 Å². The molecule has 4 nitrogen and oxygen atoms in total. The molecule has 2 rings (SSSR count). The molecule has 1 aliphatic rings. The van der Waals surface area contributed by atoms with E-state index in [0.717, 1.165) is 31.7 Å². The predicted molar refractivity (Wildman–Crippen MR) is 75.5 cm³/mol. The molecular formula is C15H22N2O2. The number of benzene rings is 1. The predicted octanol–water partition coefficient (Wildman–Crippen LogP) is 2.57. The molecule has 1 fully saturated rings. The smallest absolute Gasteiger partial charge is 0.317 e. The molecule has 1 aromatic carbocycles. The topological polar surface area (TPSA) is 41.6 Å². The SMILES string of the molecule is Cc1ccc(OCCNC(=O)N2CCCCC2)cc1. The lowest BCUT2D eigenvalue weighted by atomic mass is 10.1. The minimum atomic E-state index is 0.0345. The lowest BCUT2D eigenvalue weighted by Crippen LogP contribution is -2.43. The maximum absolute atomic E-state index is 11.8. The third-order valence-corrected chi connectivity index (χ3v) is 3.31. The monoisotopic (exact) mass is 262 g/mol. The van der Waals surface area contributed by atoms with Gasteiger partial charge in [-0.2, -0.15) is 0 Å². The number of ether oxygens (including phenoxy) is 1. The molecule has 0 bridgehead atoms. The highest BCUT2D eigenvalue weighted by Crippen LogP contribution is 2.11. The summed E-state index contributed by atoms with van der Waals surface area (Å²) in [6, 6.07) is 7.96. The number of hydrogen-bond donors (Lipinski definition) is 1. The summed E-state index contributed by atoms with van der Waals surface area (Å²) in [6.45, 7) is 4.85. The first-order valence-corrected chi connectivity index (χ1v) is 6.98. The van der Waals surface area contributed by atoms with Gasteiger partial charge in [0.25, 0.3) is 0 Å². The summed E-state index contributed by atoms with van der Waals surface area (Å²) in [5.41, 5.74) is 1.21. The molecule has 0 aliphatic carbocycles. The number of hydrogen-bond acceptors (Lipinski definition) is 2. The van der Waals surface area contributed by atoms with Crippen molar-refractivity contribution in [2.75, 3.05) is 26.2 Å². The molecule has 1 saturated heterocycles. The van der Waals surface area contributed by atoms with Crippen LogP contribution in [0, 0.1) is 6.92 Å². The van der Waals surface area contributed by atoms with Crippen LogP contribution in [0.4, 0.5) is 4.79 Å². The van der Waals surface area contributed by atoms with Crippen LogP contribution in [0.15, 0.2) is 24.3 Å². The Labute approximate surface area is 114 Å². The fourth-order valence-electron chi connectivity index (χ4n) is 2.17. The first-order chi connectivity index (χ1) is 9.25. The lowest BCUT2D eigenvalue weighted by molar-refractivity contribution is 0.184. The van der Waals surface area contributed by atoms with Gasteiger partial charge in [0.1, 0.15) is 12.4 Å². The molecule has 1 aromatic rings. The van der Waals surface area contributed by atoms with Crippen molar-refractivity contribution < 1.29 is 9.53 Å². The van der Waals surface area contributed by atoms with Crippen LogP contribution in [0.1, 0.15) is 24.8 Å². The van der Waals surface area contributed by atoms with Gasteiger partial charge in [-0.1, -0.05) is 17.7 Å². The summed E-state index contributed by atoms with van der Waals surface area (Å²) in [5.74, 6) is 0.845. The van der Waals surface area contributed by atoms with Gasteiger partial charge in [-0.25, -0.2) is 4.79 Å². The Balaban J connectivity index is 1.63. The number of urea groups is 1. The van der Waals surface area contributed by atoms with Gasteiger partial charge in [0.15, 0.2) is 0 Å². The average molecular weight is 262 g/mol. The van der Waals surface area contributed by atoms with Crippen LogP contribution in [0.25, 0.3) is 0 Å². The summed E-state index contributed by atoms with van der Waals surface area (Å²) in [4.78, 5) is 13.7. The van der Waals surface area contributed by atoms with Gasteiger partial charge in [-0.15, -0.1) is 0 Å². The number of nitrogens with one attached hydrogen (secondary N) is 1. The van der Waals surface area contributed by atoms with E-state index in [1.165, 1.54) is 12.0 Å². The Hall–Kier alpha value is -1.71. The molecule has 0 unspecified atom stereocenters. The second-order valence-electron chi connectivity index (χ2n) is 4.94. The van der Waals surface area contributed by atoms with Crippen molar-refractivity contribution in [1.29, 1.82) is 0 Å². The molecule has 104 valence electrons. The van der Waals surface area contributed by atoms with Crippen molar-refractivity contribution in [1.82, 2.24) is 10.2 Å². The molecule has 0 spiro atoms. The van der Waals surface area contributed by atoms with Crippen LogP contribution in [0.2, 0.25) is 0 Å². The molecule has 19 heavy (non-hydrogen) atoms.